The minimum atomic E-state index is -4.78. The molecule has 4 rings (SSSR count). The highest BCUT2D eigenvalue weighted by Crippen LogP contribution is 2.42. The highest BCUT2D eigenvalue weighted by atomic mass is 32.2. The van der Waals surface area contributed by atoms with Crippen LogP contribution in [0, 0.1) is 11.7 Å². The number of rotatable bonds is 6. The number of ether oxygens (including phenoxy) is 2. The number of halogens is 4. The van der Waals surface area contributed by atoms with Gasteiger partial charge in [0, 0.05) is 39.5 Å². The number of nitrogens with zero attached hydrogens (tertiary/aromatic N) is 2. The van der Waals surface area contributed by atoms with Crippen LogP contribution in [0.5, 0.6) is 5.75 Å². The van der Waals surface area contributed by atoms with Gasteiger partial charge in [0.1, 0.15) is 23.4 Å². The van der Waals surface area contributed by atoms with Gasteiger partial charge in [-0.2, -0.15) is 13.2 Å². The number of anilines is 1. The zero-order valence-electron chi connectivity index (χ0n) is 20.2. The number of aliphatic imine (C=N–C) groups is 2. The Kier molecular flexibility index (Phi) is 7.63. The lowest BCUT2D eigenvalue weighted by Gasteiger charge is -2.20. The lowest BCUT2D eigenvalue weighted by Crippen LogP contribution is -2.29. The summed E-state index contributed by atoms with van der Waals surface area (Å²) in [6, 6.07) is 5.74. The molecular weight excluding hydrogens is 514 g/mol. The minimum Gasteiger partial charge on any atom is -0.483 e. The van der Waals surface area contributed by atoms with Crippen molar-refractivity contribution < 1.29 is 36.4 Å². The second kappa shape index (κ2) is 10.4. The first-order valence-corrected chi connectivity index (χ1v) is 13.7. The summed E-state index contributed by atoms with van der Waals surface area (Å²) < 4.78 is 82.7. The van der Waals surface area contributed by atoms with E-state index in [4.69, 9.17) is 9.47 Å². The highest BCUT2D eigenvalue weighted by Gasteiger charge is 2.38. The van der Waals surface area contributed by atoms with E-state index in [1.807, 2.05) is 6.92 Å². The summed E-state index contributed by atoms with van der Waals surface area (Å²) >= 11 is 0. The van der Waals surface area contributed by atoms with Crippen LogP contribution in [-0.2, 0) is 20.6 Å². The Morgan fingerprint density at radius 1 is 1.30 bits per heavy atom. The fourth-order valence-corrected chi connectivity index (χ4v) is 4.74. The third-order valence-corrected chi connectivity index (χ3v) is 6.57. The molecule has 0 spiro atoms. The van der Waals surface area contributed by atoms with E-state index in [0.29, 0.717) is 6.42 Å². The van der Waals surface area contributed by atoms with E-state index in [0.717, 1.165) is 18.2 Å². The lowest BCUT2D eigenvalue weighted by molar-refractivity contribution is -0.137. The summed E-state index contributed by atoms with van der Waals surface area (Å²) in [4.78, 5) is 8.86. The van der Waals surface area contributed by atoms with Crippen molar-refractivity contribution >= 4 is 44.6 Å². The molecule has 2 aromatic carbocycles. The Hall–Kier alpha value is -2.96. The Morgan fingerprint density at radius 2 is 2.05 bits per heavy atom. The van der Waals surface area contributed by atoms with E-state index in [1.54, 1.807) is 6.21 Å². The fourth-order valence-electron chi connectivity index (χ4n) is 4.12. The van der Waals surface area contributed by atoms with E-state index < -0.39 is 39.5 Å². The summed E-state index contributed by atoms with van der Waals surface area (Å²) in [6.45, 7) is 2.00. The van der Waals surface area contributed by atoms with Crippen molar-refractivity contribution in [3.05, 3.63) is 47.3 Å². The molecule has 1 fully saturated rings. The molecule has 0 aromatic heterocycles. The summed E-state index contributed by atoms with van der Waals surface area (Å²) in [5.74, 6) is 2.57. The highest BCUT2D eigenvalue weighted by molar-refractivity contribution is 8.00. The van der Waals surface area contributed by atoms with Crippen LogP contribution < -0.4 is 9.46 Å². The van der Waals surface area contributed by atoms with Crippen LogP contribution >= 0.6 is 0 Å². The van der Waals surface area contributed by atoms with Gasteiger partial charge in [0.25, 0.3) is 0 Å². The topological polar surface area (TPSA) is 92.5 Å². The normalized spacial score (nSPS) is 24.4. The summed E-state index contributed by atoms with van der Waals surface area (Å²) in [5.41, 5.74) is -1.09. The van der Waals surface area contributed by atoms with Crippen molar-refractivity contribution in [3.63, 3.8) is 0 Å². The molecule has 7 nitrogen and oxygen atoms in total. The van der Waals surface area contributed by atoms with Crippen LogP contribution in [0.2, 0.25) is 0 Å². The van der Waals surface area contributed by atoms with Gasteiger partial charge in [-0.25, -0.2) is 13.6 Å². The first kappa shape index (κ1) is 27.1. The van der Waals surface area contributed by atoms with Gasteiger partial charge in [-0.15, -0.1) is 0 Å². The Labute approximate surface area is 212 Å². The van der Waals surface area contributed by atoms with Gasteiger partial charge in [0.05, 0.1) is 30.2 Å². The predicted molar refractivity (Wildman–Crippen MR) is 137 cm³/mol. The Morgan fingerprint density at radius 3 is 2.68 bits per heavy atom. The molecule has 12 heteroatoms. The zero-order chi connectivity index (χ0) is 27.0. The average Bonchev–Trinajstić information content (AvgIpc) is 3.10. The van der Waals surface area contributed by atoms with E-state index >= 15 is 0 Å². The quantitative estimate of drug-likeness (QED) is 0.402. The molecule has 37 heavy (non-hydrogen) atoms. The molecule has 2 heterocycles. The van der Waals surface area contributed by atoms with Gasteiger partial charge in [-0.3, -0.25) is 4.99 Å². The van der Waals surface area contributed by atoms with Crippen LogP contribution in [0.1, 0.15) is 30.9 Å². The first-order valence-electron chi connectivity index (χ1n) is 11.5. The van der Waals surface area contributed by atoms with Crippen molar-refractivity contribution in [1.29, 1.82) is 0 Å². The Balaban J connectivity index is 1.89. The fraction of sp³-hybridized carbons (Fsp3) is 0.400. The molecule has 200 valence electrons. The number of hydrogen-bond acceptors (Lipinski definition) is 6. The maximum absolute atomic E-state index is 14.3. The molecule has 2 N–H and O–H groups in total. The molecule has 4 unspecified atom stereocenters. The van der Waals surface area contributed by atoms with Crippen molar-refractivity contribution in [2.75, 3.05) is 24.2 Å². The van der Waals surface area contributed by atoms with E-state index in [2.05, 4.69) is 20.6 Å². The van der Waals surface area contributed by atoms with Crippen molar-refractivity contribution in [3.8, 4) is 5.75 Å². The van der Waals surface area contributed by atoms with Crippen LogP contribution in [0.15, 0.2) is 40.3 Å². The van der Waals surface area contributed by atoms with Gasteiger partial charge in [0.15, 0.2) is 6.10 Å². The van der Waals surface area contributed by atoms with Gasteiger partial charge in [0.2, 0.25) is 0 Å². The molecule has 0 bridgehead atoms. The monoisotopic (exact) mass is 541 g/mol. The van der Waals surface area contributed by atoms with Gasteiger partial charge >= 0.3 is 6.18 Å². The van der Waals surface area contributed by atoms with Crippen LogP contribution in [0.4, 0.5) is 34.6 Å². The van der Waals surface area contributed by atoms with Crippen LogP contribution in [0.3, 0.4) is 0 Å². The Bertz CT molecular complexity index is 1340. The average molecular weight is 542 g/mol. The third kappa shape index (κ3) is 6.49. The predicted octanol–water partition coefficient (Wildman–Crippen LogP) is 4.91. The maximum Gasteiger partial charge on any atom is 0.417 e. The molecule has 2 aromatic rings. The standard InChI is InChI=1S/C25H27F4N3O4S/c1-4-14-7-20(31-18-6-5-15(26)8-22(18)36-23-13-35-12-21(23)33)24-17(25(27,28)29)9-16(32-37(2,3)34)10-19(24)30-11-14/h5-6,8-11,14,21,23,33H,2,4,7,12-13H2,1,3H3,(H,32,34). The van der Waals surface area contributed by atoms with Crippen molar-refractivity contribution in [1.82, 2.24) is 0 Å². The van der Waals surface area contributed by atoms with Crippen molar-refractivity contribution in [2.45, 2.75) is 38.1 Å². The number of aliphatic hydroxyl groups excluding tert-OH is 1. The molecular formula is C25H27F4N3O4S. The van der Waals surface area contributed by atoms with Gasteiger partial charge < -0.3 is 19.3 Å². The van der Waals surface area contributed by atoms with Crippen molar-refractivity contribution in [2.24, 2.45) is 15.9 Å². The largest absolute Gasteiger partial charge is 0.483 e. The third-order valence-electron chi connectivity index (χ3n) is 5.91. The minimum absolute atomic E-state index is 0.000120. The smallest absolute Gasteiger partial charge is 0.417 e. The molecule has 0 saturated carbocycles. The summed E-state index contributed by atoms with van der Waals surface area (Å²) in [7, 11) is -2.86. The molecule has 4 atom stereocenters. The molecule has 0 radical (unpaired) electrons. The van der Waals surface area contributed by atoms with Crippen LogP contribution in [0.25, 0.3) is 0 Å². The van der Waals surface area contributed by atoms with E-state index in [9.17, 15) is 26.9 Å². The molecule has 1 saturated heterocycles. The van der Waals surface area contributed by atoms with E-state index in [1.165, 1.54) is 18.4 Å². The molecule has 2 aliphatic heterocycles. The molecule has 0 aliphatic carbocycles. The first-order chi connectivity index (χ1) is 17.3. The second-order valence-corrected chi connectivity index (χ2v) is 11.3. The maximum atomic E-state index is 14.3. The molecule has 2 aliphatic rings. The summed E-state index contributed by atoms with van der Waals surface area (Å²) in [6.07, 6.45) is -2.93. The number of fused-ring (bicyclic) bond motifs is 1. The zero-order valence-corrected chi connectivity index (χ0v) is 21.0. The van der Waals surface area contributed by atoms with Gasteiger partial charge in [-0.05, 0) is 48.9 Å². The lowest BCUT2D eigenvalue weighted by atomic mass is 9.93. The second-order valence-electron chi connectivity index (χ2n) is 9.11. The van der Waals surface area contributed by atoms with Gasteiger partial charge in [-0.1, -0.05) is 6.92 Å². The number of aliphatic hydroxyl groups is 1. The number of hydrogen-bond donors (Lipinski definition) is 2. The van der Waals surface area contributed by atoms with Crippen LogP contribution in [-0.4, -0.2) is 58.8 Å². The number of nitrogens with one attached hydrogen (secondary N) is 1. The molecule has 0 amide bonds. The SMILES string of the molecule is C=S(C)(=O)Nc1cc2c(c(C(F)(F)F)c1)C(=Nc1ccc(F)cc1OC1COCC1O)CC(CC)C=N2. The van der Waals surface area contributed by atoms with E-state index in [-0.39, 0.29) is 59.6 Å². The summed E-state index contributed by atoms with van der Waals surface area (Å²) in [5, 5.41) is 10.0. The number of benzene rings is 2. The number of alkyl halides is 3.